The maximum absolute atomic E-state index is 12.1. The fourth-order valence-electron chi connectivity index (χ4n) is 1.92. The first kappa shape index (κ1) is 17.9. The van der Waals surface area contributed by atoms with Gasteiger partial charge in [0.25, 0.3) is 11.6 Å². The third-order valence-electron chi connectivity index (χ3n) is 3.04. The van der Waals surface area contributed by atoms with Crippen molar-refractivity contribution in [3.05, 3.63) is 49.1 Å². The fourth-order valence-corrected chi connectivity index (χ4v) is 2.66. The van der Waals surface area contributed by atoms with E-state index in [1.165, 1.54) is 23.8 Å². The minimum atomic E-state index is -0.469. The highest BCUT2D eigenvalue weighted by Gasteiger charge is 2.14. The lowest BCUT2D eigenvalue weighted by atomic mass is 10.1. The number of nitro groups is 1. The highest BCUT2D eigenvalue weighted by molar-refractivity contribution is 14.1. The van der Waals surface area contributed by atoms with Crippen LogP contribution in [0.1, 0.15) is 16.8 Å². The van der Waals surface area contributed by atoms with Gasteiger partial charge in [-0.05, 0) is 41.6 Å². The van der Waals surface area contributed by atoms with Crippen molar-refractivity contribution in [3.8, 4) is 0 Å². The Morgan fingerprint density at radius 1 is 1.48 bits per heavy atom. The number of rotatable bonds is 4. The fraction of sp³-hybridized carbons (Fsp3) is 0.308. The zero-order valence-electron chi connectivity index (χ0n) is 11.1. The molecule has 0 saturated carbocycles. The smallest absolute Gasteiger partial charge is 0.270 e. The summed E-state index contributed by atoms with van der Waals surface area (Å²) >= 11 is 1.94. The van der Waals surface area contributed by atoms with Crippen molar-refractivity contribution in [1.82, 2.24) is 10.6 Å². The Morgan fingerprint density at radius 2 is 2.24 bits per heavy atom. The van der Waals surface area contributed by atoms with Crippen LogP contribution in [-0.4, -0.2) is 30.5 Å². The molecule has 0 fully saturated rings. The van der Waals surface area contributed by atoms with Crippen LogP contribution in [0.25, 0.3) is 0 Å². The van der Waals surface area contributed by atoms with Crippen molar-refractivity contribution in [2.75, 3.05) is 19.6 Å². The molecule has 1 aromatic carbocycles. The van der Waals surface area contributed by atoms with Gasteiger partial charge in [0.2, 0.25) is 0 Å². The zero-order chi connectivity index (χ0) is 14.5. The molecule has 21 heavy (non-hydrogen) atoms. The molecule has 0 saturated heterocycles. The topological polar surface area (TPSA) is 84.3 Å². The molecule has 0 atom stereocenters. The molecule has 1 heterocycles. The van der Waals surface area contributed by atoms with E-state index in [9.17, 15) is 14.9 Å². The first-order chi connectivity index (χ1) is 9.58. The van der Waals surface area contributed by atoms with Crippen molar-refractivity contribution in [2.24, 2.45) is 0 Å². The Labute approximate surface area is 142 Å². The van der Waals surface area contributed by atoms with Gasteiger partial charge in [0.1, 0.15) is 0 Å². The van der Waals surface area contributed by atoms with Crippen LogP contribution in [0.5, 0.6) is 0 Å². The van der Waals surface area contributed by atoms with Crippen LogP contribution >= 0.6 is 35.0 Å². The number of hydrogen-bond donors (Lipinski definition) is 2. The molecule has 114 valence electrons. The predicted octanol–water partition coefficient (Wildman–Crippen LogP) is 2.27. The molecule has 8 heteroatoms. The number of nitro benzene ring substituents is 1. The maximum atomic E-state index is 12.1. The van der Waals surface area contributed by atoms with E-state index in [0.717, 1.165) is 19.5 Å². The minimum Gasteiger partial charge on any atom is -0.348 e. The molecule has 1 amide bonds. The van der Waals surface area contributed by atoms with Crippen LogP contribution in [0.15, 0.2) is 29.8 Å². The summed E-state index contributed by atoms with van der Waals surface area (Å²) in [6.45, 7) is 2.28. The number of carbonyl (C=O) groups is 1. The first-order valence-corrected chi connectivity index (χ1v) is 7.26. The predicted molar refractivity (Wildman–Crippen MR) is 91.0 cm³/mol. The van der Waals surface area contributed by atoms with Gasteiger partial charge in [0.15, 0.2) is 0 Å². The second-order valence-electron chi connectivity index (χ2n) is 4.42. The first-order valence-electron chi connectivity index (χ1n) is 6.18. The molecule has 0 bridgehead atoms. The molecular weight excluding hydrogens is 409 g/mol. The Bertz CT molecular complexity index is 578. The summed E-state index contributed by atoms with van der Waals surface area (Å²) in [6, 6.07) is 4.24. The number of hydrogen-bond acceptors (Lipinski definition) is 4. The lowest BCUT2D eigenvalue weighted by Gasteiger charge is -2.14. The van der Waals surface area contributed by atoms with Crippen LogP contribution in [-0.2, 0) is 0 Å². The van der Waals surface area contributed by atoms with Gasteiger partial charge in [-0.15, -0.1) is 12.4 Å². The van der Waals surface area contributed by atoms with Gasteiger partial charge >= 0.3 is 0 Å². The van der Waals surface area contributed by atoms with Crippen molar-refractivity contribution in [2.45, 2.75) is 6.42 Å². The Morgan fingerprint density at radius 3 is 2.81 bits per heavy atom. The van der Waals surface area contributed by atoms with E-state index in [2.05, 4.69) is 16.7 Å². The van der Waals surface area contributed by atoms with Gasteiger partial charge in [0.05, 0.1) is 10.5 Å². The van der Waals surface area contributed by atoms with E-state index in [1.807, 2.05) is 22.6 Å². The average molecular weight is 424 g/mol. The highest BCUT2D eigenvalue weighted by atomic mass is 127. The lowest BCUT2D eigenvalue weighted by molar-refractivity contribution is -0.384. The largest absolute Gasteiger partial charge is 0.348 e. The van der Waals surface area contributed by atoms with Crippen LogP contribution < -0.4 is 10.6 Å². The Balaban J connectivity index is 0.00000220. The Hall–Kier alpha value is -1.19. The van der Waals surface area contributed by atoms with E-state index in [1.54, 1.807) is 0 Å². The number of nitrogens with one attached hydrogen (secondary N) is 2. The number of carbonyl (C=O) groups excluding carboxylic acids is 1. The average Bonchev–Trinajstić information content (AvgIpc) is 2.45. The number of benzene rings is 1. The van der Waals surface area contributed by atoms with E-state index < -0.39 is 4.92 Å². The van der Waals surface area contributed by atoms with E-state index in [4.69, 9.17) is 0 Å². The molecule has 0 radical (unpaired) electrons. The molecule has 1 aromatic rings. The van der Waals surface area contributed by atoms with E-state index >= 15 is 0 Å². The molecule has 0 aliphatic carbocycles. The molecule has 6 nitrogen and oxygen atoms in total. The quantitative estimate of drug-likeness (QED) is 0.337. The summed E-state index contributed by atoms with van der Waals surface area (Å²) in [6.07, 6.45) is 3.00. The molecule has 2 N–H and O–H groups in total. The highest BCUT2D eigenvalue weighted by Crippen LogP contribution is 2.19. The summed E-state index contributed by atoms with van der Waals surface area (Å²) in [4.78, 5) is 22.2. The van der Waals surface area contributed by atoms with Gasteiger partial charge < -0.3 is 10.6 Å². The van der Waals surface area contributed by atoms with Gasteiger partial charge in [-0.2, -0.15) is 0 Å². The zero-order valence-corrected chi connectivity index (χ0v) is 14.1. The Kier molecular flexibility index (Phi) is 7.06. The summed E-state index contributed by atoms with van der Waals surface area (Å²) < 4.78 is 0.577. The maximum Gasteiger partial charge on any atom is 0.270 e. The van der Waals surface area contributed by atoms with Crippen LogP contribution in [0.2, 0.25) is 0 Å². The number of halogens is 2. The summed E-state index contributed by atoms with van der Waals surface area (Å²) in [5.74, 6) is -0.205. The van der Waals surface area contributed by atoms with Gasteiger partial charge in [0, 0.05) is 28.8 Å². The third kappa shape index (κ3) is 4.94. The van der Waals surface area contributed by atoms with Crippen LogP contribution in [0, 0.1) is 13.7 Å². The SMILES string of the molecule is Cl.O=C(NCC1=CCNCC1)c1ccc([N+](=O)[O-])cc1I. The normalized spacial score (nSPS) is 13.9. The molecular formula is C13H15ClIN3O3. The number of amides is 1. The third-order valence-corrected chi connectivity index (χ3v) is 3.93. The monoisotopic (exact) mass is 423 g/mol. The summed E-state index contributed by atoms with van der Waals surface area (Å²) in [5.41, 5.74) is 1.66. The number of nitrogens with zero attached hydrogens (tertiary/aromatic N) is 1. The van der Waals surface area contributed by atoms with E-state index in [-0.39, 0.29) is 24.0 Å². The minimum absolute atomic E-state index is 0. The summed E-state index contributed by atoms with van der Waals surface area (Å²) in [5, 5.41) is 16.7. The van der Waals surface area contributed by atoms with Crippen molar-refractivity contribution >= 4 is 46.6 Å². The van der Waals surface area contributed by atoms with Crippen molar-refractivity contribution < 1.29 is 9.72 Å². The summed E-state index contributed by atoms with van der Waals surface area (Å²) in [7, 11) is 0. The molecule has 2 rings (SSSR count). The van der Waals surface area contributed by atoms with Crippen LogP contribution in [0.3, 0.4) is 0 Å². The van der Waals surface area contributed by atoms with Gasteiger partial charge in [-0.25, -0.2) is 0 Å². The van der Waals surface area contributed by atoms with Gasteiger partial charge in [-0.3, -0.25) is 14.9 Å². The van der Waals surface area contributed by atoms with Crippen molar-refractivity contribution in [3.63, 3.8) is 0 Å². The molecule has 1 aliphatic rings. The van der Waals surface area contributed by atoms with E-state index in [0.29, 0.717) is 15.7 Å². The second-order valence-corrected chi connectivity index (χ2v) is 5.58. The van der Waals surface area contributed by atoms with Crippen molar-refractivity contribution in [1.29, 1.82) is 0 Å². The molecule has 0 spiro atoms. The molecule has 1 aliphatic heterocycles. The van der Waals surface area contributed by atoms with Crippen LogP contribution in [0.4, 0.5) is 5.69 Å². The standard InChI is InChI=1S/C13H14IN3O3.ClH/c14-12-7-10(17(19)20)1-2-11(12)13(18)16-8-9-3-5-15-6-4-9;/h1-3,7,15H,4-6,8H2,(H,16,18);1H. The molecule has 0 aromatic heterocycles. The van der Waals surface area contributed by atoms with Gasteiger partial charge in [-0.1, -0.05) is 11.6 Å². The second kappa shape index (κ2) is 8.30. The lowest BCUT2D eigenvalue weighted by Crippen LogP contribution is -2.30. The molecule has 0 unspecified atom stereocenters. The number of non-ortho nitro benzene ring substituents is 1.